The fourth-order valence-corrected chi connectivity index (χ4v) is 4.47. The van der Waals surface area contributed by atoms with E-state index >= 15 is 0 Å². The normalized spacial score (nSPS) is 34.0. The average Bonchev–Trinajstić information content (AvgIpc) is 3.17. The number of rotatable bonds is 4. The molecule has 122 valence electrons. The van der Waals surface area contributed by atoms with Crippen molar-refractivity contribution >= 4 is 17.9 Å². The third-order valence-corrected chi connectivity index (χ3v) is 6.00. The Morgan fingerprint density at radius 3 is 2.87 bits per heavy atom. The first-order chi connectivity index (χ1) is 11.2. The van der Waals surface area contributed by atoms with Crippen molar-refractivity contribution in [1.82, 2.24) is 10.2 Å². The van der Waals surface area contributed by atoms with Gasteiger partial charge >= 0.3 is 0 Å². The molecule has 3 aliphatic rings. The van der Waals surface area contributed by atoms with Gasteiger partial charge in [-0.1, -0.05) is 30.3 Å². The Balaban J connectivity index is 1.48. The molecule has 6 heteroatoms. The van der Waals surface area contributed by atoms with Crippen LogP contribution < -0.4 is 5.32 Å². The predicted octanol–water partition coefficient (Wildman–Crippen LogP) is 3.30. The van der Waals surface area contributed by atoms with E-state index in [4.69, 9.17) is 0 Å². The molecule has 3 atom stereocenters. The van der Waals surface area contributed by atoms with Crippen molar-refractivity contribution in [2.75, 3.05) is 6.54 Å². The van der Waals surface area contributed by atoms with Crippen LogP contribution >= 0.6 is 11.9 Å². The summed E-state index contributed by atoms with van der Waals surface area (Å²) in [5.74, 6) is 0.132. The molecule has 1 N–H and O–H groups in total. The molecular weight excluding hydrogens is 308 g/mol. The van der Waals surface area contributed by atoms with Crippen LogP contribution in [0, 0.1) is 0 Å². The third kappa shape index (κ3) is 2.78. The quantitative estimate of drug-likeness (QED) is 0.862. The Bertz CT molecular complexity index is 618. The van der Waals surface area contributed by atoms with Crippen molar-refractivity contribution in [3.8, 4) is 0 Å². The van der Waals surface area contributed by atoms with Gasteiger partial charge in [-0.2, -0.15) is 5.11 Å². The Hall–Kier alpha value is -1.40. The molecule has 5 nitrogen and oxygen atoms in total. The lowest BCUT2D eigenvalue weighted by Crippen LogP contribution is -2.56. The monoisotopic (exact) mass is 330 g/mol. The van der Waals surface area contributed by atoms with Crippen molar-refractivity contribution in [2.24, 2.45) is 9.63 Å². The summed E-state index contributed by atoms with van der Waals surface area (Å²) in [6.45, 7) is 3.14. The molecule has 0 aromatic heterocycles. The zero-order chi connectivity index (χ0) is 15.9. The number of nitrogens with zero attached hydrogens (tertiary/aromatic N) is 3. The minimum absolute atomic E-state index is 0.0930. The van der Waals surface area contributed by atoms with Crippen LogP contribution in [0.25, 0.3) is 0 Å². The van der Waals surface area contributed by atoms with Gasteiger partial charge in [-0.05, 0) is 44.7 Å². The molecule has 23 heavy (non-hydrogen) atoms. The minimum Gasteiger partial charge on any atom is -0.338 e. The van der Waals surface area contributed by atoms with E-state index in [2.05, 4.69) is 26.8 Å². The number of nitrogens with one attached hydrogen (secondary N) is 1. The summed E-state index contributed by atoms with van der Waals surface area (Å²) in [6.07, 6.45) is 4.52. The lowest BCUT2D eigenvalue weighted by molar-refractivity contribution is -0.131. The fraction of sp³-hybridized carbons (Fsp3) is 0.588. The lowest BCUT2D eigenvalue weighted by atomic mass is 9.97. The molecule has 2 heterocycles. The summed E-state index contributed by atoms with van der Waals surface area (Å²) in [5, 5.41) is 7.43. The number of carbonyl (C=O) groups excluding carboxylic acids is 1. The second-order valence-electron chi connectivity index (χ2n) is 6.85. The maximum absolute atomic E-state index is 13.0. The van der Waals surface area contributed by atoms with E-state index in [0.717, 1.165) is 24.9 Å². The molecule has 0 spiro atoms. The van der Waals surface area contributed by atoms with Crippen LogP contribution in [0.5, 0.6) is 0 Å². The first kappa shape index (κ1) is 15.1. The highest BCUT2D eigenvalue weighted by Gasteiger charge is 2.49. The van der Waals surface area contributed by atoms with Gasteiger partial charge in [0.25, 0.3) is 0 Å². The first-order valence-electron chi connectivity index (χ1n) is 8.37. The number of amides is 1. The van der Waals surface area contributed by atoms with E-state index in [1.807, 2.05) is 30.3 Å². The van der Waals surface area contributed by atoms with Crippen LogP contribution in [0.1, 0.15) is 44.2 Å². The van der Waals surface area contributed by atoms with Crippen molar-refractivity contribution < 1.29 is 4.79 Å². The molecule has 2 fully saturated rings. The molecule has 1 saturated carbocycles. The second kappa shape index (κ2) is 5.91. The van der Waals surface area contributed by atoms with Crippen molar-refractivity contribution in [3.05, 3.63) is 35.9 Å². The molecule has 1 aromatic carbocycles. The smallest absolute Gasteiger partial charge is 0.241 e. The predicted molar refractivity (Wildman–Crippen MR) is 90.9 cm³/mol. The second-order valence-corrected chi connectivity index (χ2v) is 7.74. The topological polar surface area (TPSA) is 57.1 Å². The van der Waals surface area contributed by atoms with E-state index in [9.17, 15) is 4.79 Å². The van der Waals surface area contributed by atoms with Crippen LogP contribution in [0.15, 0.2) is 40.0 Å². The molecule has 1 aliphatic carbocycles. The molecule has 2 unspecified atom stereocenters. The third-order valence-electron chi connectivity index (χ3n) is 5.21. The summed E-state index contributed by atoms with van der Waals surface area (Å²) >= 11 is 1.36. The Labute approximate surface area is 141 Å². The number of hydrogen-bond donors (Lipinski definition) is 1. The molecule has 0 bridgehead atoms. The maximum atomic E-state index is 13.0. The highest BCUT2D eigenvalue weighted by atomic mass is 32.2. The highest BCUT2D eigenvalue weighted by molar-refractivity contribution is 7.98. The van der Waals surface area contributed by atoms with Crippen molar-refractivity contribution in [1.29, 1.82) is 0 Å². The van der Waals surface area contributed by atoms with E-state index in [-0.39, 0.29) is 22.9 Å². The van der Waals surface area contributed by atoms with Gasteiger partial charge in [-0.3, -0.25) is 9.69 Å². The molecule has 2 aliphatic heterocycles. The molecule has 0 radical (unpaired) electrons. The van der Waals surface area contributed by atoms with Gasteiger partial charge in [0.05, 0.1) is 5.54 Å². The number of hydrogen-bond acceptors (Lipinski definition) is 5. The summed E-state index contributed by atoms with van der Waals surface area (Å²) in [5.41, 5.74) is 0.730. The Morgan fingerprint density at radius 2 is 2.13 bits per heavy atom. The van der Waals surface area contributed by atoms with E-state index < -0.39 is 0 Å². The zero-order valence-electron chi connectivity index (χ0n) is 13.3. The molecule has 1 saturated heterocycles. The van der Waals surface area contributed by atoms with E-state index in [1.165, 1.54) is 24.8 Å². The van der Waals surface area contributed by atoms with Gasteiger partial charge in [0, 0.05) is 18.0 Å². The first-order valence-corrected chi connectivity index (χ1v) is 9.21. The van der Waals surface area contributed by atoms with Gasteiger partial charge in [0.15, 0.2) is 0 Å². The fourth-order valence-electron chi connectivity index (χ4n) is 3.73. The molecule has 4 rings (SSSR count). The number of benzene rings is 1. The van der Waals surface area contributed by atoms with Crippen molar-refractivity contribution in [2.45, 2.75) is 55.6 Å². The largest absolute Gasteiger partial charge is 0.338 e. The van der Waals surface area contributed by atoms with Gasteiger partial charge in [-0.15, -0.1) is 4.52 Å². The van der Waals surface area contributed by atoms with Crippen molar-refractivity contribution in [3.63, 3.8) is 0 Å². The van der Waals surface area contributed by atoms with Gasteiger partial charge in [0.2, 0.25) is 5.91 Å². The van der Waals surface area contributed by atoms with Crippen LogP contribution in [0.3, 0.4) is 0 Å². The van der Waals surface area contributed by atoms with Gasteiger partial charge < -0.3 is 5.32 Å². The summed E-state index contributed by atoms with van der Waals surface area (Å²) in [4.78, 5) is 15.4. The van der Waals surface area contributed by atoms with Crippen LogP contribution in [0.2, 0.25) is 0 Å². The summed E-state index contributed by atoms with van der Waals surface area (Å²) < 4.78 is 4.10. The molecule has 1 aromatic rings. The number of likely N-dealkylation sites (tertiary alicyclic amines) is 1. The Kier molecular flexibility index (Phi) is 3.89. The van der Waals surface area contributed by atoms with E-state index in [1.54, 1.807) is 0 Å². The van der Waals surface area contributed by atoms with Crippen LogP contribution in [-0.2, 0) is 4.79 Å². The number of carbonyl (C=O) groups is 1. The maximum Gasteiger partial charge on any atom is 0.241 e. The summed E-state index contributed by atoms with van der Waals surface area (Å²) in [7, 11) is 0. The minimum atomic E-state index is -0.369. The molecule has 1 amide bonds. The lowest BCUT2D eigenvalue weighted by Gasteiger charge is -2.35. The Morgan fingerprint density at radius 1 is 1.35 bits per heavy atom. The zero-order valence-corrected chi connectivity index (χ0v) is 14.1. The van der Waals surface area contributed by atoms with Crippen LogP contribution in [-0.4, -0.2) is 34.3 Å². The molecular formula is C17H22N4OS. The highest BCUT2D eigenvalue weighted by Crippen LogP contribution is 2.41. The standard InChI is InChI=1S/C17H22N4OS/c1-17(10-5-11-21(17)13-8-9-13)16(22)18-15-14(19-20-23-15)12-6-3-2-4-7-12/h2-4,6-7,13-15H,5,8-11H2,1H3,(H,18,22)/t14?,15?,17-/m1/s1. The van der Waals surface area contributed by atoms with Crippen LogP contribution in [0.4, 0.5) is 0 Å². The SMILES string of the molecule is C[C@]1(C(=O)NC2SN=NC2c2ccccc2)CCCN1C1CC1. The van der Waals surface area contributed by atoms with E-state index in [0.29, 0.717) is 6.04 Å². The van der Waals surface area contributed by atoms with Gasteiger partial charge in [-0.25, -0.2) is 0 Å². The average molecular weight is 330 g/mol. The summed E-state index contributed by atoms with van der Waals surface area (Å²) in [6, 6.07) is 10.6. The van der Waals surface area contributed by atoms with Gasteiger partial charge in [0.1, 0.15) is 11.4 Å².